The topological polar surface area (TPSA) is 99.0 Å². The van der Waals surface area contributed by atoms with Gasteiger partial charge in [-0.15, -0.1) is 0 Å². The Bertz CT molecular complexity index is 934. The molecule has 7 heteroatoms. The van der Waals surface area contributed by atoms with Gasteiger partial charge in [0.2, 0.25) is 0 Å². The van der Waals surface area contributed by atoms with E-state index in [0.717, 1.165) is 11.1 Å². The van der Waals surface area contributed by atoms with Crippen LogP contribution in [0.1, 0.15) is 21.5 Å². The normalized spacial score (nSPS) is 17.1. The summed E-state index contributed by atoms with van der Waals surface area (Å²) < 4.78 is 0. The summed E-state index contributed by atoms with van der Waals surface area (Å²) in [4.78, 5) is 27.9. The van der Waals surface area contributed by atoms with Gasteiger partial charge in [-0.05, 0) is 48.5 Å². The van der Waals surface area contributed by atoms with Crippen LogP contribution in [-0.4, -0.2) is 27.3 Å². The van der Waals surface area contributed by atoms with Crippen LogP contribution in [-0.2, 0) is 4.79 Å². The van der Waals surface area contributed by atoms with Crippen molar-refractivity contribution in [3.8, 4) is 5.75 Å². The molecule has 1 aliphatic heterocycles. The number of amidine groups is 1. The highest BCUT2D eigenvalue weighted by atomic mass is 32.2. The number of carbonyl (C=O) groups excluding carboxylic acids is 1. The predicted octanol–water partition coefficient (Wildman–Crippen LogP) is 3.29. The standard InChI is InChI=1S/C18H14N2O4S/c1-10-3-2-4-11(7-10)8-15-16(22)20-18(25-15)19-12-5-6-14(21)13(9-12)17(23)24/h2-9,21H,1H3,(H,23,24)(H,19,20,22)/b15-8-. The molecule has 0 radical (unpaired) electrons. The van der Waals surface area contributed by atoms with E-state index in [9.17, 15) is 14.7 Å². The fourth-order valence-electron chi connectivity index (χ4n) is 2.27. The number of rotatable bonds is 3. The molecule has 0 spiro atoms. The zero-order valence-electron chi connectivity index (χ0n) is 13.2. The van der Waals surface area contributed by atoms with Crippen LogP contribution < -0.4 is 5.32 Å². The van der Waals surface area contributed by atoms with Crippen LogP contribution in [0.3, 0.4) is 0 Å². The van der Waals surface area contributed by atoms with E-state index in [1.54, 1.807) is 6.08 Å². The first kappa shape index (κ1) is 16.8. The highest BCUT2D eigenvalue weighted by Crippen LogP contribution is 2.29. The highest BCUT2D eigenvalue weighted by molar-refractivity contribution is 8.18. The molecule has 2 aromatic carbocycles. The third-order valence-corrected chi connectivity index (χ3v) is 4.34. The number of thioether (sulfide) groups is 1. The van der Waals surface area contributed by atoms with Crippen molar-refractivity contribution in [1.29, 1.82) is 0 Å². The summed E-state index contributed by atoms with van der Waals surface area (Å²) in [6.45, 7) is 1.97. The van der Waals surface area contributed by atoms with Crippen molar-refractivity contribution < 1.29 is 19.8 Å². The van der Waals surface area contributed by atoms with Crippen LogP contribution >= 0.6 is 11.8 Å². The Morgan fingerprint density at radius 2 is 2.04 bits per heavy atom. The summed E-state index contributed by atoms with van der Waals surface area (Å²) in [5, 5.41) is 21.6. The average Bonchev–Trinajstić information content (AvgIpc) is 2.88. The number of hydrogen-bond acceptors (Lipinski definition) is 5. The number of phenols is 1. The lowest BCUT2D eigenvalue weighted by Gasteiger charge is -2.01. The van der Waals surface area contributed by atoms with Gasteiger partial charge in [0.15, 0.2) is 5.17 Å². The third kappa shape index (κ3) is 3.89. The lowest BCUT2D eigenvalue weighted by molar-refractivity contribution is -0.115. The Hall–Kier alpha value is -3.06. The van der Waals surface area contributed by atoms with Crippen LogP contribution in [0.15, 0.2) is 52.4 Å². The maximum atomic E-state index is 12.1. The van der Waals surface area contributed by atoms with Gasteiger partial charge in [-0.25, -0.2) is 9.79 Å². The fourth-order valence-corrected chi connectivity index (χ4v) is 3.12. The van der Waals surface area contributed by atoms with Gasteiger partial charge < -0.3 is 15.5 Å². The number of hydrogen-bond donors (Lipinski definition) is 3. The molecule has 1 fully saturated rings. The highest BCUT2D eigenvalue weighted by Gasteiger charge is 2.24. The minimum atomic E-state index is -1.25. The summed E-state index contributed by atoms with van der Waals surface area (Å²) in [7, 11) is 0. The van der Waals surface area contributed by atoms with Gasteiger partial charge in [0.05, 0.1) is 10.6 Å². The molecular formula is C18H14N2O4S. The average molecular weight is 354 g/mol. The van der Waals surface area contributed by atoms with Crippen molar-refractivity contribution in [3.05, 3.63) is 64.1 Å². The first-order chi connectivity index (χ1) is 11.9. The quantitative estimate of drug-likeness (QED) is 0.735. The molecule has 0 atom stereocenters. The van der Waals surface area contributed by atoms with Crippen molar-refractivity contribution in [2.24, 2.45) is 4.99 Å². The van der Waals surface area contributed by atoms with E-state index < -0.39 is 5.97 Å². The number of carboxylic acid groups (broad SMARTS) is 1. The maximum Gasteiger partial charge on any atom is 0.339 e. The van der Waals surface area contributed by atoms with Crippen molar-refractivity contribution in [2.75, 3.05) is 0 Å². The molecule has 0 saturated carbocycles. The van der Waals surface area contributed by atoms with Crippen LogP contribution in [0.5, 0.6) is 5.75 Å². The Kier molecular flexibility index (Phi) is 4.58. The number of amides is 1. The SMILES string of the molecule is Cc1cccc(/C=C2\SC(=Nc3ccc(O)c(C(=O)O)c3)NC2=O)c1. The van der Waals surface area contributed by atoms with E-state index in [1.807, 2.05) is 31.2 Å². The molecule has 0 bridgehead atoms. The molecule has 1 amide bonds. The largest absolute Gasteiger partial charge is 0.507 e. The molecule has 1 saturated heterocycles. The first-order valence-corrected chi connectivity index (χ1v) is 8.16. The van der Waals surface area contributed by atoms with Gasteiger partial charge in [-0.1, -0.05) is 29.8 Å². The molecule has 1 aliphatic rings. The summed E-state index contributed by atoms with van der Waals surface area (Å²) >= 11 is 1.17. The smallest absolute Gasteiger partial charge is 0.339 e. The Labute approximate surface area is 147 Å². The predicted molar refractivity (Wildman–Crippen MR) is 97.1 cm³/mol. The lowest BCUT2D eigenvalue weighted by Crippen LogP contribution is -2.19. The van der Waals surface area contributed by atoms with Gasteiger partial charge in [0.1, 0.15) is 11.3 Å². The molecule has 0 aliphatic carbocycles. The number of aromatic carboxylic acids is 1. The second-order valence-electron chi connectivity index (χ2n) is 5.40. The Balaban J connectivity index is 1.86. The van der Waals surface area contributed by atoms with Gasteiger partial charge in [0.25, 0.3) is 5.91 Å². The van der Waals surface area contributed by atoms with Crippen molar-refractivity contribution in [1.82, 2.24) is 5.32 Å². The molecule has 0 unspecified atom stereocenters. The molecular weight excluding hydrogens is 340 g/mol. The molecule has 25 heavy (non-hydrogen) atoms. The summed E-state index contributed by atoms with van der Waals surface area (Å²) in [6.07, 6.45) is 1.77. The number of benzene rings is 2. The number of carbonyl (C=O) groups is 2. The second-order valence-corrected chi connectivity index (χ2v) is 6.43. The Morgan fingerprint density at radius 1 is 1.24 bits per heavy atom. The number of nitrogens with one attached hydrogen (secondary N) is 1. The van der Waals surface area contributed by atoms with Crippen LogP contribution in [0.2, 0.25) is 0 Å². The molecule has 6 nitrogen and oxygen atoms in total. The lowest BCUT2D eigenvalue weighted by atomic mass is 10.1. The van der Waals surface area contributed by atoms with E-state index >= 15 is 0 Å². The monoisotopic (exact) mass is 354 g/mol. The molecule has 0 aromatic heterocycles. The molecule has 3 N–H and O–H groups in total. The van der Waals surface area contributed by atoms with E-state index in [1.165, 1.54) is 30.0 Å². The van der Waals surface area contributed by atoms with Gasteiger partial charge in [-0.2, -0.15) is 0 Å². The van der Waals surface area contributed by atoms with Gasteiger partial charge >= 0.3 is 5.97 Å². The van der Waals surface area contributed by atoms with Gasteiger partial charge in [0, 0.05) is 0 Å². The maximum absolute atomic E-state index is 12.1. The van der Waals surface area contributed by atoms with Crippen LogP contribution in [0.4, 0.5) is 5.69 Å². The summed E-state index contributed by atoms with van der Waals surface area (Å²) in [5.41, 5.74) is 2.09. The second kappa shape index (κ2) is 6.82. The van der Waals surface area contributed by atoms with Crippen LogP contribution in [0, 0.1) is 6.92 Å². The van der Waals surface area contributed by atoms with E-state index in [2.05, 4.69) is 10.3 Å². The third-order valence-electron chi connectivity index (χ3n) is 3.43. The minimum absolute atomic E-state index is 0.244. The van der Waals surface area contributed by atoms with E-state index in [-0.39, 0.29) is 17.2 Å². The zero-order valence-corrected chi connectivity index (χ0v) is 14.0. The minimum Gasteiger partial charge on any atom is -0.507 e. The van der Waals surface area contributed by atoms with E-state index in [4.69, 9.17) is 5.11 Å². The number of aromatic hydroxyl groups is 1. The number of carboxylic acids is 1. The van der Waals surface area contributed by atoms with Crippen molar-refractivity contribution in [3.63, 3.8) is 0 Å². The first-order valence-electron chi connectivity index (χ1n) is 7.35. The fraction of sp³-hybridized carbons (Fsp3) is 0.0556. The van der Waals surface area contributed by atoms with E-state index in [0.29, 0.717) is 15.8 Å². The molecule has 1 heterocycles. The van der Waals surface area contributed by atoms with Crippen LogP contribution in [0.25, 0.3) is 6.08 Å². The number of aryl methyl sites for hydroxylation is 1. The summed E-state index contributed by atoms with van der Waals surface area (Å²) in [5.74, 6) is -1.84. The van der Waals surface area contributed by atoms with Crippen molar-refractivity contribution in [2.45, 2.75) is 6.92 Å². The molecule has 3 rings (SSSR count). The van der Waals surface area contributed by atoms with Crippen molar-refractivity contribution >= 4 is 40.6 Å². The van der Waals surface area contributed by atoms with Gasteiger partial charge in [-0.3, -0.25) is 4.79 Å². The molecule has 2 aromatic rings. The zero-order chi connectivity index (χ0) is 18.0. The number of aliphatic imine (C=N–C) groups is 1. The number of nitrogens with zero attached hydrogens (tertiary/aromatic N) is 1. The summed E-state index contributed by atoms with van der Waals surface area (Å²) in [6, 6.07) is 11.7. The molecule has 126 valence electrons. The Morgan fingerprint density at radius 3 is 2.76 bits per heavy atom.